The van der Waals surface area contributed by atoms with Gasteiger partial charge in [-0.15, -0.1) is 0 Å². The van der Waals surface area contributed by atoms with E-state index >= 15 is 0 Å². The molecular formula is C21H23BNO6Si. The number of nitrogens with one attached hydrogen (secondary N) is 1. The summed E-state index contributed by atoms with van der Waals surface area (Å²) in [6, 6.07) is 12.9. The predicted molar refractivity (Wildman–Crippen MR) is 112 cm³/mol. The first-order chi connectivity index (χ1) is 14.3. The second-order valence-electron chi connectivity index (χ2n) is 7.17. The molecule has 2 N–H and O–H groups in total. The van der Waals surface area contributed by atoms with Gasteiger partial charge in [0.2, 0.25) is 0 Å². The van der Waals surface area contributed by atoms with Crippen LogP contribution in [0.5, 0.6) is 0 Å². The standard InChI is InChI=1S/C21H23BNO6Si/c1-13-17(10-9-16-12-29-22(26)18(13)16)19(24)23-21(30,20(25)27-3)14(2)28-11-15-7-5-4-6-8-15/h4-10,14,26H,11-12H2,1-3H3,(H,23,24)/t14-,21+/m1/s1. The van der Waals surface area contributed by atoms with Crippen LogP contribution in [-0.2, 0) is 32.1 Å². The summed E-state index contributed by atoms with van der Waals surface area (Å²) in [5.74, 6) is -1.21. The third-order valence-corrected chi connectivity index (χ3v) is 6.00. The molecule has 0 saturated heterocycles. The number of carbonyl (C=O) groups is 2. The molecule has 1 aliphatic rings. The van der Waals surface area contributed by atoms with Gasteiger partial charge >= 0.3 is 13.1 Å². The fourth-order valence-electron chi connectivity index (χ4n) is 3.40. The van der Waals surface area contributed by atoms with Crippen LogP contribution in [0, 0.1) is 6.92 Å². The lowest BCUT2D eigenvalue weighted by molar-refractivity contribution is -0.149. The molecule has 1 amide bonds. The largest absolute Gasteiger partial charge is 0.492 e. The van der Waals surface area contributed by atoms with Crippen LogP contribution < -0.4 is 10.8 Å². The SMILES string of the molecule is COC(=O)[C@]([Si])(NC(=O)c1ccc2c(c1C)B(O)OC2)[C@@H](C)OCc1ccccc1. The fourth-order valence-corrected chi connectivity index (χ4v) is 3.70. The molecule has 0 spiro atoms. The zero-order valence-corrected chi connectivity index (χ0v) is 18.1. The van der Waals surface area contributed by atoms with E-state index in [4.69, 9.17) is 14.1 Å². The van der Waals surface area contributed by atoms with Crippen molar-refractivity contribution in [1.82, 2.24) is 5.32 Å². The number of methoxy groups -OCH3 is 1. The van der Waals surface area contributed by atoms with Crippen LogP contribution in [0.25, 0.3) is 0 Å². The zero-order valence-electron chi connectivity index (χ0n) is 17.1. The van der Waals surface area contributed by atoms with E-state index in [0.29, 0.717) is 16.6 Å². The Balaban J connectivity index is 1.81. The molecule has 0 aromatic heterocycles. The Morgan fingerprint density at radius 3 is 2.67 bits per heavy atom. The van der Waals surface area contributed by atoms with Crippen LogP contribution in [0.15, 0.2) is 42.5 Å². The van der Waals surface area contributed by atoms with Crippen LogP contribution in [0.3, 0.4) is 0 Å². The zero-order chi connectivity index (χ0) is 21.9. The summed E-state index contributed by atoms with van der Waals surface area (Å²) in [5.41, 5.74) is 3.24. The number of benzene rings is 2. The van der Waals surface area contributed by atoms with Gasteiger partial charge < -0.3 is 24.5 Å². The molecule has 0 bridgehead atoms. The average molecular weight is 424 g/mol. The summed E-state index contributed by atoms with van der Waals surface area (Å²) in [7, 11) is 3.57. The first-order valence-corrected chi connectivity index (χ1v) is 10.0. The minimum Gasteiger partial charge on any atom is -0.467 e. The molecule has 9 heteroatoms. The molecule has 155 valence electrons. The highest BCUT2D eigenvalue weighted by atomic mass is 28.1. The molecule has 2 aromatic carbocycles. The third-order valence-electron chi connectivity index (χ3n) is 5.26. The minimum atomic E-state index is -1.61. The lowest BCUT2D eigenvalue weighted by Gasteiger charge is -2.34. The van der Waals surface area contributed by atoms with Crippen LogP contribution in [0.1, 0.15) is 34.0 Å². The average Bonchev–Trinajstić information content (AvgIpc) is 3.13. The molecule has 0 aliphatic carbocycles. The maximum Gasteiger partial charge on any atom is 0.492 e. The molecule has 0 fully saturated rings. The maximum absolute atomic E-state index is 13.1. The summed E-state index contributed by atoms with van der Waals surface area (Å²) >= 11 is 0. The molecule has 30 heavy (non-hydrogen) atoms. The third kappa shape index (κ3) is 4.34. The van der Waals surface area contributed by atoms with E-state index in [1.165, 1.54) is 7.11 Å². The van der Waals surface area contributed by atoms with Gasteiger partial charge in [-0.2, -0.15) is 0 Å². The van der Waals surface area contributed by atoms with E-state index in [-0.39, 0.29) is 13.2 Å². The van der Waals surface area contributed by atoms with Crippen LogP contribution >= 0.6 is 0 Å². The molecule has 1 heterocycles. The summed E-state index contributed by atoms with van der Waals surface area (Å²) in [5, 5.41) is 11.1. The molecule has 3 radical (unpaired) electrons. The van der Waals surface area contributed by atoms with Crippen molar-refractivity contribution in [3.05, 3.63) is 64.7 Å². The van der Waals surface area contributed by atoms with Crippen molar-refractivity contribution in [3.63, 3.8) is 0 Å². The Hall–Kier alpha value is -2.46. The second-order valence-corrected chi connectivity index (χ2v) is 7.96. The molecular weight excluding hydrogens is 401 g/mol. The molecule has 2 aromatic rings. The van der Waals surface area contributed by atoms with E-state index < -0.39 is 30.3 Å². The van der Waals surface area contributed by atoms with Gasteiger partial charge in [0, 0.05) is 5.56 Å². The predicted octanol–water partition coefficient (Wildman–Crippen LogP) is 0.586. The van der Waals surface area contributed by atoms with Crippen LogP contribution in [0.2, 0.25) is 0 Å². The van der Waals surface area contributed by atoms with Gasteiger partial charge in [-0.3, -0.25) is 4.79 Å². The quantitative estimate of drug-likeness (QED) is 0.499. The van der Waals surface area contributed by atoms with Gasteiger partial charge in [0.05, 0.1) is 36.7 Å². The monoisotopic (exact) mass is 424 g/mol. The smallest absolute Gasteiger partial charge is 0.467 e. The van der Waals surface area contributed by atoms with Crippen molar-refractivity contribution in [3.8, 4) is 0 Å². The van der Waals surface area contributed by atoms with Crippen molar-refractivity contribution in [2.75, 3.05) is 7.11 Å². The highest BCUT2D eigenvalue weighted by molar-refractivity contribution is 6.62. The van der Waals surface area contributed by atoms with E-state index in [1.807, 2.05) is 30.3 Å². The number of ether oxygens (including phenoxy) is 2. The number of amides is 1. The summed E-state index contributed by atoms with van der Waals surface area (Å²) in [6.45, 7) is 3.94. The van der Waals surface area contributed by atoms with E-state index in [9.17, 15) is 14.6 Å². The van der Waals surface area contributed by atoms with Gasteiger partial charge in [0.25, 0.3) is 5.91 Å². The highest BCUT2D eigenvalue weighted by Crippen LogP contribution is 2.19. The lowest BCUT2D eigenvalue weighted by atomic mass is 9.75. The Morgan fingerprint density at radius 2 is 2.00 bits per heavy atom. The van der Waals surface area contributed by atoms with Gasteiger partial charge in [-0.05, 0) is 42.1 Å². The number of hydrogen-bond donors (Lipinski definition) is 2. The van der Waals surface area contributed by atoms with Crippen molar-refractivity contribution < 1.29 is 28.7 Å². The summed E-state index contributed by atoms with van der Waals surface area (Å²) in [6.07, 6.45) is -0.755. The van der Waals surface area contributed by atoms with Crippen LogP contribution in [-0.4, -0.2) is 52.6 Å². The first-order valence-electron chi connectivity index (χ1n) is 9.51. The number of esters is 1. The molecule has 1 aliphatic heterocycles. The molecule has 3 rings (SSSR count). The highest BCUT2D eigenvalue weighted by Gasteiger charge is 2.43. The number of rotatable bonds is 7. The first kappa shape index (κ1) is 22.2. The fraction of sp³-hybridized carbons (Fsp3) is 0.333. The van der Waals surface area contributed by atoms with E-state index in [1.54, 1.807) is 26.0 Å². The molecule has 0 saturated carbocycles. The normalized spacial score (nSPS) is 15.8. The van der Waals surface area contributed by atoms with Crippen LogP contribution in [0.4, 0.5) is 0 Å². The number of fused-ring (bicyclic) bond motifs is 1. The Labute approximate surface area is 179 Å². The summed E-state index contributed by atoms with van der Waals surface area (Å²) in [4.78, 5) is 25.6. The van der Waals surface area contributed by atoms with Gasteiger partial charge in [0.15, 0.2) is 0 Å². The Morgan fingerprint density at radius 1 is 1.30 bits per heavy atom. The second kappa shape index (κ2) is 9.13. The van der Waals surface area contributed by atoms with Gasteiger partial charge in [-0.1, -0.05) is 36.4 Å². The van der Waals surface area contributed by atoms with Crippen molar-refractivity contribution in [1.29, 1.82) is 0 Å². The van der Waals surface area contributed by atoms with E-state index in [2.05, 4.69) is 15.6 Å². The molecule has 7 nitrogen and oxygen atoms in total. The van der Waals surface area contributed by atoms with E-state index in [0.717, 1.165) is 11.1 Å². The van der Waals surface area contributed by atoms with Gasteiger partial charge in [-0.25, -0.2) is 4.79 Å². The van der Waals surface area contributed by atoms with Crippen molar-refractivity contribution >= 4 is 34.7 Å². The topological polar surface area (TPSA) is 94.1 Å². The van der Waals surface area contributed by atoms with Crippen molar-refractivity contribution in [2.45, 2.75) is 38.3 Å². The molecule has 2 atom stereocenters. The number of carbonyl (C=O) groups excluding carboxylic acids is 2. The Bertz CT molecular complexity index is 941. The Kier molecular flexibility index (Phi) is 6.77. The van der Waals surface area contributed by atoms with Gasteiger partial charge in [0.1, 0.15) is 5.16 Å². The molecule has 0 unspecified atom stereocenters. The maximum atomic E-state index is 13.1. The number of hydrogen-bond acceptors (Lipinski definition) is 6. The minimum absolute atomic E-state index is 0.252. The lowest BCUT2D eigenvalue weighted by Crippen LogP contribution is -2.63. The van der Waals surface area contributed by atoms with Crippen molar-refractivity contribution in [2.24, 2.45) is 0 Å². The summed E-state index contributed by atoms with van der Waals surface area (Å²) < 4.78 is 16.0.